The van der Waals surface area contributed by atoms with E-state index in [9.17, 15) is 35.4 Å². The molecule has 0 aromatic heterocycles. The van der Waals surface area contributed by atoms with Crippen molar-refractivity contribution < 1.29 is 35.4 Å². The Labute approximate surface area is 166 Å². The number of fused-ring (bicyclic) bond motifs is 5. The summed E-state index contributed by atoms with van der Waals surface area (Å²) >= 11 is 0. The molecule has 6 N–H and O–H groups in total. The molecular formula is C20H29O7P. The van der Waals surface area contributed by atoms with E-state index in [1.54, 1.807) is 6.92 Å². The summed E-state index contributed by atoms with van der Waals surface area (Å²) in [6, 6.07) is 0. The molecule has 0 bridgehead atoms. The van der Waals surface area contributed by atoms with E-state index in [0.717, 1.165) is 0 Å². The van der Waals surface area contributed by atoms with Crippen LogP contribution in [0.15, 0.2) is 23.5 Å². The lowest BCUT2D eigenvalue weighted by Crippen LogP contribution is -2.69. The van der Waals surface area contributed by atoms with Crippen LogP contribution < -0.4 is 0 Å². The molecule has 0 aromatic rings. The van der Waals surface area contributed by atoms with Gasteiger partial charge in [-0.2, -0.15) is 0 Å². The molecular weight excluding hydrogens is 383 g/mol. The zero-order valence-electron chi connectivity index (χ0n) is 16.0. The monoisotopic (exact) mass is 412 g/mol. The molecule has 4 rings (SSSR count). The molecule has 3 saturated carbocycles. The van der Waals surface area contributed by atoms with E-state index in [1.807, 2.05) is 0 Å². The van der Waals surface area contributed by atoms with Gasteiger partial charge in [0.1, 0.15) is 5.60 Å². The van der Waals surface area contributed by atoms with Crippen molar-refractivity contribution in [2.24, 2.45) is 29.1 Å². The number of aliphatic hydroxyl groups is 6. The molecule has 0 amide bonds. The van der Waals surface area contributed by atoms with E-state index in [0.29, 0.717) is 0 Å². The second-order valence-corrected chi connectivity index (χ2v) is 10.2. The first-order chi connectivity index (χ1) is 12.8. The van der Waals surface area contributed by atoms with Crippen LogP contribution in [0.2, 0.25) is 0 Å². The van der Waals surface area contributed by atoms with Gasteiger partial charge in [-0.25, -0.2) is 0 Å². The predicted octanol–water partition coefficient (Wildman–Crippen LogP) is -0.896. The van der Waals surface area contributed by atoms with E-state index in [4.69, 9.17) is 0 Å². The Bertz CT molecular complexity index is 797. The van der Waals surface area contributed by atoms with Gasteiger partial charge in [0.2, 0.25) is 0 Å². The largest absolute Gasteiger partial charge is 0.396 e. The Morgan fingerprint density at radius 3 is 2.43 bits per heavy atom. The molecule has 7 nitrogen and oxygen atoms in total. The summed E-state index contributed by atoms with van der Waals surface area (Å²) in [5, 5.41) is 67.2. The average Bonchev–Trinajstić information content (AvgIpc) is 3.32. The fraction of sp³-hybridized carbons (Fsp3) is 0.750. The lowest BCUT2D eigenvalue weighted by molar-refractivity contribution is -0.241. The number of rotatable bonds is 2. The molecule has 11 atom stereocenters. The molecule has 4 aliphatic rings. The van der Waals surface area contributed by atoms with Gasteiger partial charge in [0.05, 0.1) is 24.4 Å². The second kappa shape index (κ2) is 5.73. The Hall–Kier alpha value is -0.660. The minimum atomic E-state index is -2.29. The van der Waals surface area contributed by atoms with Crippen molar-refractivity contribution in [3.63, 3.8) is 0 Å². The van der Waals surface area contributed by atoms with E-state index < -0.39 is 70.5 Å². The summed E-state index contributed by atoms with van der Waals surface area (Å²) < 4.78 is 0. The zero-order valence-corrected chi connectivity index (χ0v) is 17.2. The van der Waals surface area contributed by atoms with Crippen LogP contribution in [-0.2, 0) is 4.79 Å². The van der Waals surface area contributed by atoms with E-state index in [1.165, 1.54) is 13.0 Å². The molecule has 3 fully saturated rings. The van der Waals surface area contributed by atoms with Gasteiger partial charge in [-0.15, -0.1) is 9.24 Å². The van der Waals surface area contributed by atoms with Gasteiger partial charge in [0.25, 0.3) is 0 Å². The molecule has 0 aliphatic heterocycles. The lowest BCUT2D eigenvalue weighted by atomic mass is 9.54. The van der Waals surface area contributed by atoms with Crippen molar-refractivity contribution in [1.29, 1.82) is 0 Å². The van der Waals surface area contributed by atoms with Crippen LogP contribution in [0.25, 0.3) is 0 Å². The maximum absolute atomic E-state index is 12.9. The van der Waals surface area contributed by atoms with E-state index in [2.05, 4.69) is 15.8 Å². The number of hydrogen-bond acceptors (Lipinski definition) is 7. The highest BCUT2D eigenvalue weighted by Crippen LogP contribution is 2.71. The Balaban J connectivity index is 1.97. The third kappa shape index (κ3) is 2.01. The third-order valence-electron chi connectivity index (χ3n) is 8.30. The van der Waals surface area contributed by atoms with Crippen molar-refractivity contribution in [2.45, 2.75) is 55.7 Å². The van der Waals surface area contributed by atoms with Gasteiger partial charge in [0, 0.05) is 17.3 Å². The van der Waals surface area contributed by atoms with Crippen LogP contribution in [0.1, 0.15) is 26.7 Å². The van der Waals surface area contributed by atoms with Crippen molar-refractivity contribution in [2.75, 3.05) is 6.61 Å². The topological polar surface area (TPSA) is 138 Å². The second-order valence-electron chi connectivity index (χ2n) is 9.50. The first-order valence-electron chi connectivity index (χ1n) is 9.65. The zero-order chi connectivity index (χ0) is 21.0. The van der Waals surface area contributed by atoms with E-state index >= 15 is 0 Å². The summed E-state index contributed by atoms with van der Waals surface area (Å²) in [4.78, 5) is 12.9. The van der Waals surface area contributed by atoms with Gasteiger partial charge in [-0.3, -0.25) is 4.79 Å². The van der Waals surface area contributed by atoms with Gasteiger partial charge < -0.3 is 30.6 Å². The van der Waals surface area contributed by atoms with Gasteiger partial charge >= 0.3 is 0 Å². The molecule has 156 valence electrons. The van der Waals surface area contributed by atoms with Gasteiger partial charge in [-0.1, -0.05) is 19.6 Å². The summed E-state index contributed by atoms with van der Waals surface area (Å²) in [7, 11) is 2.30. The number of ketones is 1. The fourth-order valence-corrected chi connectivity index (χ4v) is 6.84. The summed E-state index contributed by atoms with van der Waals surface area (Å²) in [5.41, 5.74) is -6.72. The Morgan fingerprint density at radius 1 is 1.29 bits per heavy atom. The number of aliphatic hydroxyl groups excluding tert-OH is 3. The molecule has 0 aromatic carbocycles. The molecule has 0 heterocycles. The van der Waals surface area contributed by atoms with Crippen molar-refractivity contribution in [3.05, 3.63) is 23.5 Å². The standard InChI is InChI=1S/C20H29O7P/c1-8-4-12-19(26)9(2)5-18(25,10(3)28)15(23)13(19)11-6-17(11,7-21)16(24)20(12,27)14(8)22/h4,9,11-13,15-16,21,23-27H,3,5-7,28H2,1-2H3/t9-,11+,12+,13+,15-,16-,17-,18-,19+,20-/m1/s1. The van der Waals surface area contributed by atoms with Crippen molar-refractivity contribution >= 4 is 15.0 Å². The Kier molecular flexibility index (Phi) is 4.22. The number of carbonyl (C=O) groups is 1. The molecule has 8 heteroatoms. The average molecular weight is 412 g/mol. The van der Waals surface area contributed by atoms with Crippen LogP contribution in [-0.4, -0.2) is 72.0 Å². The smallest absolute Gasteiger partial charge is 0.193 e. The molecule has 4 aliphatic carbocycles. The van der Waals surface area contributed by atoms with Crippen molar-refractivity contribution in [3.8, 4) is 0 Å². The molecule has 1 unspecified atom stereocenters. The first-order valence-corrected chi connectivity index (χ1v) is 10.2. The molecule has 28 heavy (non-hydrogen) atoms. The van der Waals surface area contributed by atoms with Gasteiger partial charge in [-0.05, 0) is 42.5 Å². The SMILES string of the molecule is C=C(P)[C@]1(O)C[C@@H](C)[C@@]2(O)[C@H]([C@H]1O)[C@@H]1C[C@]1(CO)[C@@H](O)[C@]1(O)C(=O)C(C)=C[C@H]12. The van der Waals surface area contributed by atoms with Crippen LogP contribution in [0.5, 0.6) is 0 Å². The minimum Gasteiger partial charge on any atom is -0.396 e. The first kappa shape index (κ1) is 20.6. The van der Waals surface area contributed by atoms with Crippen molar-refractivity contribution in [1.82, 2.24) is 0 Å². The number of hydrogen-bond donors (Lipinski definition) is 6. The van der Waals surface area contributed by atoms with Gasteiger partial charge in [0.15, 0.2) is 11.4 Å². The molecule has 0 saturated heterocycles. The summed E-state index contributed by atoms with van der Waals surface area (Å²) in [6.45, 7) is 6.48. The Morgan fingerprint density at radius 2 is 1.89 bits per heavy atom. The highest BCUT2D eigenvalue weighted by Gasteiger charge is 2.81. The highest BCUT2D eigenvalue weighted by molar-refractivity contribution is 7.22. The predicted molar refractivity (Wildman–Crippen MR) is 103 cm³/mol. The normalized spacial score (nSPS) is 57.6. The number of carbonyl (C=O) groups excluding carboxylic acids is 1. The lowest BCUT2D eigenvalue weighted by Gasteiger charge is -2.57. The molecule has 0 spiro atoms. The summed E-state index contributed by atoms with van der Waals surface area (Å²) in [6.07, 6.45) is -1.36. The van der Waals surface area contributed by atoms with E-state index in [-0.39, 0.29) is 23.7 Å². The fourth-order valence-electron chi connectivity index (χ4n) is 6.55. The maximum Gasteiger partial charge on any atom is 0.193 e. The van der Waals surface area contributed by atoms with Crippen LogP contribution in [0.3, 0.4) is 0 Å². The van der Waals surface area contributed by atoms with Crippen LogP contribution >= 0.6 is 9.24 Å². The third-order valence-corrected chi connectivity index (χ3v) is 8.80. The van der Waals surface area contributed by atoms with Crippen LogP contribution in [0.4, 0.5) is 0 Å². The quantitative estimate of drug-likeness (QED) is 0.323. The number of Topliss-reactive ketones (excluding diaryl/α,β-unsaturated/α-hetero) is 1. The highest BCUT2D eigenvalue weighted by atomic mass is 31.0. The minimum absolute atomic E-state index is 0.0217. The summed E-state index contributed by atoms with van der Waals surface area (Å²) in [5.74, 6) is -3.99. The molecule has 0 radical (unpaired) electrons. The van der Waals surface area contributed by atoms with Crippen LogP contribution in [0, 0.1) is 29.1 Å². The maximum atomic E-state index is 12.9.